The molecule has 1 aromatic rings. The molecule has 13 heteroatoms. The molecule has 0 bridgehead atoms. The number of carbonyl (C=O) groups excluding carboxylic acids is 2. The first-order chi connectivity index (χ1) is 17.4. The van der Waals surface area contributed by atoms with Gasteiger partial charge in [-0.1, -0.05) is 47.5 Å². The molecule has 0 N–H and O–H groups in total. The van der Waals surface area contributed by atoms with Crippen LogP contribution in [0.15, 0.2) is 12.7 Å². The third kappa shape index (κ3) is 5.40. The highest BCUT2D eigenvalue weighted by molar-refractivity contribution is 6.67. The van der Waals surface area contributed by atoms with Gasteiger partial charge in [0.2, 0.25) is 10.6 Å². The highest BCUT2D eigenvalue weighted by atomic mass is 35.6. The number of halogens is 3. The molecule has 0 saturated carbocycles. The van der Waals surface area contributed by atoms with Crippen molar-refractivity contribution in [3.63, 3.8) is 0 Å². The van der Waals surface area contributed by atoms with E-state index in [4.69, 9.17) is 68.0 Å². The van der Waals surface area contributed by atoms with Crippen LogP contribution in [-0.4, -0.2) is 65.8 Å². The molecule has 1 fully saturated rings. The van der Waals surface area contributed by atoms with Gasteiger partial charge in [0.05, 0.1) is 19.3 Å². The number of alkyl halides is 3. The van der Waals surface area contributed by atoms with E-state index in [0.29, 0.717) is 28.2 Å². The maximum atomic E-state index is 13.5. The van der Waals surface area contributed by atoms with E-state index in [1.807, 2.05) is 6.92 Å². The van der Waals surface area contributed by atoms with Crippen LogP contribution in [0.25, 0.3) is 0 Å². The first-order valence-electron chi connectivity index (χ1n) is 11.6. The molecule has 0 radical (unpaired) electrons. The predicted octanol–water partition coefficient (Wildman–Crippen LogP) is 4.91. The molecule has 204 valence electrons. The van der Waals surface area contributed by atoms with Gasteiger partial charge in [0.1, 0.15) is 25.1 Å². The van der Waals surface area contributed by atoms with Crippen LogP contribution in [0.1, 0.15) is 49.6 Å². The fourth-order valence-electron chi connectivity index (χ4n) is 4.70. The Morgan fingerprint density at radius 2 is 1.89 bits per heavy atom. The lowest BCUT2D eigenvalue weighted by atomic mass is 9.82. The number of hydrogen-bond acceptors (Lipinski definition) is 9. The highest BCUT2D eigenvalue weighted by Crippen LogP contribution is 2.57. The summed E-state index contributed by atoms with van der Waals surface area (Å²) in [5.41, 5.74) is 1.48. The molecular weight excluding hydrogens is 553 g/mol. The van der Waals surface area contributed by atoms with Crippen molar-refractivity contribution in [3.8, 4) is 17.2 Å². The Morgan fingerprint density at radius 3 is 2.54 bits per heavy atom. The van der Waals surface area contributed by atoms with Crippen LogP contribution in [-0.2, 0) is 23.7 Å². The number of hydrogen-bond donors (Lipinski definition) is 0. The first kappa shape index (κ1) is 27.9. The van der Waals surface area contributed by atoms with Crippen molar-refractivity contribution in [2.75, 3.05) is 33.2 Å². The van der Waals surface area contributed by atoms with Crippen molar-refractivity contribution >= 4 is 46.9 Å². The van der Waals surface area contributed by atoms with Gasteiger partial charge in [0.25, 0.3) is 0 Å². The van der Waals surface area contributed by atoms with Crippen molar-refractivity contribution in [3.05, 3.63) is 29.3 Å². The predicted molar refractivity (Wildman–Crippen MR) is 133 cm³/mol. The van der Waals surface area contributed by atoms with Crippen LogP contribution in [0.3, 0.4) is 0 Å². The molecule has 3 aliphatic rings. The summed E-state index contributed by atoms with van der Waals surface area (Å²) < 4.78 is 38.7. The quantitative estimate of drug-likeness (QED) is 0.264. The molecule has 0 unspecified atom stereocenters. The van der Waals surface area contributed by atoms with Crippen LogP contribution in [0.5, 0.6) is 17.2 Å². The maximum Gasteiger partial charge on any atom is 0.411 e. The minimum Gasteiger partial charge on any atom is -0.489 e. The molecule has 1 amide bonds. The number of ether oxygens (including phenoxy) is 7. The van der Waals surface area contributed by atoms with E-state index in [0.717, 1.165) is 0 Å². The molecule has 1 aromatic carbocycles. The van der Waals surface area contributed by atoms with Crippen LogP contribution in [0, 0.1) is 6.92 Å². The fraction of sp³-hybridized carbons (Fsp3) is 0.583. The minimum atomic E-state index is -1.87. The zero-order valence-corrected chi connectivity index (χ0v) is 23.1. The van der Waals surface area contributed by atoms with Gasteiger partial charge in [0.15, 0.2) is 23.3 Å². The Bertz CT molecular complexity index is 1090. The molecule has 3 atom stereocenters. The van der Waals surface area contributed by atoms with E-state index in [-0.39, 0.29) is 32.4 Å². The van der Waals surface area contributed by atoms with Crippen LogP contribution in [0.2, 0.25) is 0 Å². The first-order valence-corrected chi connectivity index (χ1v) is 12.7. The summed E-state index contributed by atoms with van der Waals surface area (Å²) in [6, 6.07) is -2.15. The summed E-state index contributed by atoms with van der Waals surface area (Å²) in [6.07, 6.45) is -0.147. The smallest absolute Gasteiger partial charge is 0.411 e. The van der Waals surface area contributed by atoms with Gasteiger partial charge in [-0.15, -0.1) is 0 Å². The topological polar surface area (TPSA) is 102 Å². The number of esters is 1. The Hall–Kier alpha value is -2.11. The van der Waals surface area contributed by atoms with Crippen LogP contribution < -0.4 is 14.2 Å². The third-order valence-corrected chi connectivity index (χ3v) is 6.38. The summed E-state index contributed by atoms with van der Waals surface area (Å²) in [4.78, 5) is 28.2. The number of rotatable bonds is 6. The standard InChI is InChI=1S/C24H28Cl3NO9/c1-6-8-32-17-12(3)18-20(35-11-34-18)14-15(17)19-13(9-36-23(4,5)37-19)28(16(14)21(29)31-7-2)22(30)33-10-24(25,26)27/h6,13,16,19H,1,7-11H2,2-5H3/t13-,16+,19+/m1/s1. The van der Waals surface area contributed by atoms with E-state index in [1.165, 1.54) is 4.90 Å². The highest BCUT2D eigenvalue weighted by Gasteiger charge is 2.56. The zero-order valence-electron chi connectivity index (χ0n) is 20.8. The van der Waals surface area contributed by atoms with Crippen molar-refractivity contribution < 1.29 is 42.7 Å². The molecule has 3 aliphatic heterocycles. The van der Waals surface area contributed by atoms with E-state index >= 15 is 0 Å². The van der Waals surface area contributed by atoms with Gasteiger partial charge in [-0.25, -0.2) is 9.59 Å². The second kappa shape index (κ2) is 10.6. The van der Waals surface area contributed by atoms with Crippen molar-refractivity contribution in [1.29, 1.82) is 0 Å². The lowest BCUT2D eigenvalue weighted by molar-refractivity contribution is -0.299. The summed E-state index contributed by atoms with van der Waals surface area (Å²) in [7, 11) is 0. The number of fused-ring (bicyclic) bond motifs is 5. The number of nitrogens with zero attached hydrogens (tertiary/aromatic N) is 1. The minimum absolute atomic E-state index is 0.00423. The summed E-state index contributed by atoms with van der Waals surface area (Å²) >= 11 is 17.5. The molecule has 0 spiro atoms. The van der Waals surface area contributed by atoms with Gasteiger partial charge in [-0.2, -0.15) is 0 Å². The van der Waals surface area contributed by atoms with Gasteiger partial charge < -0.3 is 33.2 Å². The van der Waals surface area contributed by atoms with Crippen molar-refractivity contribution in [2.24, 2.45) is 0 Å². The maximum absolute atomic E-state index is 13.5. The molecule has 1 saturated heterocycles. The van der Waals surface area contributed by atoms with Gasteiger partial charge in [0, 0.05) is 16.7 Å². The second-order valence-electron chi connectivity index (χ2n) is 8.99. The molecule has 3 heterocycles. The number of amides is 1. The number of carbonyl (C=O) groups is 2. The molecule has 37 heavy (non-hydrogen) atoms. The summed E-state index contributed by atoms with van der Waals surface area (Å²) in [5, 5.41) is 0. The average molecular weight is 581 g/mol. The molecule has 4 rings (SSSR count). The summed E-state index contributed by atoms with van der Waals surface area (Å²) in [6.45, 7) is 10.3. The molecular formula is C24H28Cl3NO9. The molecule has 0 aromatic heterocycles. The third-order valence-electron chi connectivity index (χ3n) is 6.05. The van der Waals surface area contributed by atoms with E-state index < -0.39 is 46.4 Å². The Kier molecular flexibility index (Phi) is 7.97. The van der Waals surface area contributed by atoms with Gasteiger partial charge in [-0.3, -0.25) is 4.90 Å². The normalized spacial score (nSPS) is 23.5. The average Bonchev–Trinajstić information content (AvgIpc) is 3.31. The number of benzene rings is 1. The lowest BCUT2D eigenvalue weighted by Gasteiger charge is -2.50. The summed E-state index contributed by atoms with van der Waals surface area (Å²) in [5.74, 6) is -0.666. The monoisotopic (exact) mass is 579 g/mol. The van der Waals surface area contributed by atoms with E-state index in [2.05, 4.69) is 6.58 Å². The largest absolute Gasteiger partial charge is 0.489 e. The van der Waals surface area contributed by atoms with Crippen molar-refractivity contribution in [2.45, 2.75) is 55.5 Å². The SMILES string of the molecule is C=CCOc1c(C)c2c(c3c1[C@H]1OC(C)(C)OC[C@H]1N(C(=O)OCC(Cl)(Cl)Cl)[C@@H]3C(=O)OCC)OCO2. The van der Waals surface area contributed by atoms with E-state index in [1.54, 1.807) is 26.8 Å². The van der Waals surface area contributed by atoms with Gasteiger partial charge in [-0.05, 0) is 27.7 Å². The van der Waals surface area contributed by atoms with Crippen LogP contribution >= 0.6 is 34.8 Å². The fourth-order valence-corrected chi connectivity index (χ4v) is 4.86. The Morgan fingerprint density at radius 1 is 1.19 bits per heavy atom. The molecule has 10 nitrogen and oxygen atoms in total. The Labute approximate surface area is 229 Å². The second-order valence-corrected chi connectivity index (χ2v) is 11.5. The molecule has 0 aliphatic carbocycles. The zero-order chi connectivity index (χ0) is 27.1. The van der Waals surface area contributed by atoms with Gasteiger partial charge >= 0.3 is 12.1 Å². The lowest BCUT2D eigenvalue weighted by Crippen LogP contribution is -2.59. The van der Waals surface area contributed by atoms with E-state index in [9.17, 15) is 9.59 Å². The Balaban J connectivity index is 1.97. The van der Waals surface area contributed by atoms with Crippen molar-refractivity contribution in [1.82, 2.24) is 4.90 Å². The van der Waals surface area contributed by atoms with Crippen LogP contribution in [0.4, 0.5) is 4.79 Å².